The molecule has 4 amide bonds. The summed E-state index contributed by atoms with van der Waals surface area (Å²) in [6.07, 6.45) is 2.50. The van der Waals surface area contributed by atoms with E-state index in [0.29, 0.717) is 39.6 Å². The molecule has 0 unspecified atom stereocenters. The number of rotatable bonds is 4. The fourth-order valence-electron chi connectivity index (χ4n) is 4.36. The molecule has 0 spiro atoms. The molecule has 0 atom stereocenters. The summed E-state index contributed by atoms with van der Waals surface area (Å²) < 4.78 is 43.4. The lowest BCUT2D eigenvalue weighted by atomic mass is 9.93. The van der Waals surface area contributed by atoms with Gasteiger partial charge in [0.1, 0.15) is 11.6 Å². The van der Waals surface area contributed by atoms with Crippen LogP contribution in [-0.4, -0.2) is 42.1 Å². The molecular weight excluding hydrogens is 742 g/mol. The average Bonchev–Trinajstić information content (AvgIpc) is 3.64. The molecule has 4 aromatic heterocycles. The molecule has 6 aromatic rings. The van der Waals surface area contributed by atoms with Crippen LogP contribution in [0.25, 0.3) is 0 Å². The first-order chi connectivity index (χ1) is 27.1. The van der Waals surface area contributed by atoms with E-state index in [1.165, 1.54) is 12.4 Å². The van der Waals surface area contributed by atoms with Gasteiger partial charge in [-0.05, 0) is 48.5 Å². The zero-order chi connectivity index (χ0) is 41.0. The summed E-state index contributed by atoms with van der Waals surface area (Å²) >= 11 is 0. The second-order valence-corrected chi connectivity index (χ2v) is 12.7. The van der Waals surface area contributed by atoms with Crippen LogP contribution in [0.3, 0.4) is 0 Å². The van der Waals surface area contributed by atoms with E-state index in [1.54, 1.807) is 60.9 Å². The quantitative estimate of drug-likeness (QED) is 0.101. The Hall–Kier alpha value is -7.99. The average molecular weight is 775 g/mol. The second kappa shape index (κ2) is 17.9. The summed E-state index contributed by atoms with van der Waals surface area (Å²) in [5.74, 6) is 12.8. The number of nitrogen functional groups attached to an aromatic ring is 2. The molecule has 0 aliphatic carbocycles. The van der Waals surface area contributed by atoms with Gasteiger partial charge < -0.3 is 26.6 Å². The van der Waals surface area contributed by atoms with Crippen molar-refractivity contribution in [3.63, 3.8) is 0 Å². The maximum Gasteiger partial charge on any atom is 0.416 e. The largest absolute Gasteiger partial charge is 0.416 e. The SMILES string of the molecule is CC(C)(C)c1cc(NC(=O)Nc2cccc(C#Cc3cnc(N)nc3)c2)no1.Nc1ncc(C#Cc2cccc(NC(=O)Nc3cc(C(F)(F)F)ccn3)c2)cn1. The first kappa shape index (κ1) is 40.2. The Labute approximate surface area is 323 Å². The van der Waals surface area contributed by atoms with E-state index in [2.05, 4.69) is 75.0 Å². The van der Waals surface area contributed by atoms with E-state index in [0.717, 1.165) is 23.9 Å². The molecule has 0 saturated heterocycles. The Morgan fingerprint density at radius 2 is 1.09 bits per heavy atom. The molecule has 18 heteroatoms. The van der Waals surface area contributed by atoms with Gasteiger partial charge in [0.05, 0.1) is 16.7 Å². The molecule has 8 N–H and O–H groups in total. The number of carbonyl (C=O) groups is 2. The highest BCUT2D eigenvalue weighted by molar-refractivity contribution is 6.00. The number of carbonyl (C=O) groups excluding carboxylic acids is 2. The third kappa shape index (κ3) is 12.8. The van der Waals surface area contributed by atoms with Crippen molar-refractivity contribution < 1.29 is 27.3 Å². The summed E-state index contributed by atoms with van der Waals surface area (Å²) in [5.41, 5.74) is 13.3. The molecule has 0 radical (unpaired) electrons. The van der Waals surface area contributed by atoms with Crippen molar-refractivity contribution >= 4 is 47.0 Å². The van der Waals surface area contributed by atoms with Crippen LogP contribution in [0, 0.1) is 23.7 Å². The van der Waals surface area contributed by atoms with Crippen LogP contribution < -0.4 is 32.7 Å². The minimum atomic E-state index is -4.53. The summed E-state index contributed by atoms with van der Waals surface area (Å²) in [6, 6.07) is 15.9. The van der Waals surface area contributed by atoms with Gasteiger partial charge in [-0.1, -0.05) is 61.7 Å². The van der Waals surface area contributed by atoms with Crippen LogP contribution in [0.5, 0.6) is 0 Å². The summed E-state index contributed by atoms with van der Waals surface area (Å²) in [7, 11) is 0. The van der Waals surface area contributed by atoms with Gasteiger partial charge in [0, 0.05) is 65.0 Å². The Morgan fingerprint density at radius 3 is 1.54 bits per heavy atom. The molecule has 6 rings (SSSR count). The van der Waals surface area contributed by atoms with Crippen LogP contribution in [0.1, 0.15) is 54.3 Å². The molecule has 0 aliphatic heterocycles. The molecule has 2 aromatic carbocycles. The van der Waals surface area contributed by atoms with Gasteiger partial charge in [-0.2, -0.15) is 13.2 Å². The first-order valence-corrected chi connectivity index (χ1v) is 16.6. The maximum absolute atomic E-state index is 12.7. The van der Waals surface area contributed by atoms with Gasteiger partial charge in [-0.25, -0.2) is 34.5 Å². The van der Waals surface area contributed by atoms with Crippen LogP contribution in [0.4, 0.5) is 57.7 Å². The maximum atomic E-state index is 12.7. The fraction of sp³-hybridized carbons (Fsp3) is 0.128. The van der Waals surface area contributed by atoms with Gasteiger partial charge in [0.25, 0.3) is 0 Å². The van der Waals surface area contributed by atoms with Crippen molar-refractivity contribution in [3.05, 3.63) is 131 Å². The number of nitrogens with two attached hydrogens (primary N) is 2. The predicted octanol–water partition coefficient (Wildman–Crippen LogP) is 6.90. The molecule has 0 bridgehead atoms. The van der Waals surface area contributed by atoms with Gasteiger partial charge >= 0.3 is 18.2 Å². The second-order valence-electron chi connectivity index (χ2n) is 12.7. The summed E-state index contributed by atoms with van der Waals surface area (Å²) in [5, 5.41) is 14.0. The molecule has 4 heterocycles. The van der Waals surface area contributed by atoms with E-state index < -0.39 is 23.8 Å². The fourth-order valence-corrected chi connectivity index (χ4v) is 4.36. The van der Waals surface area contributed by atoms with Crippen LogP contribution >= 0.6 is 0 Å². The number of alkyl halides is 3. The minimum absolute atomic E-state index is 0.142. The Bertz CT molecular complexity index is 2480. The van der Waals surface area contributed by atoms with Crippen molar-refractivity contribution in [2.45, 2.75) is 32.4 Å². The van der Waals surface area contributed by atoms with Gasteiger partial charge in [-0.15, -0.1) is 0 Å². The number of hydrogen-bond acceptors (Lipinski definition) is 11. The first-order valence-electron chi connectivity index (χ1n) is 16.6. The highest BCUT2D eigenvalue weighted by Crippen LogP contribution is 2.30. The number of hydrogen-bond donors (Lipinski definition) is 6. The van der Waals surface area contributed by atoms with E-state index in [1.807, 2.05) is 26.8 Å². The Balaban J connectivity index is 0.000000218. The summed E-state index contributed by atoms with van der Waals surface area (Å²) in [6.45, 7) is 6.00. The lowest BCUT2D eigenvalue weighted by Crippen LogP contribution is -2.20. The number of amides is 4. The zero-order valence-electron chi connectivity index (χ0n) is 30.4. The molecule has 57 heavy (non-hydrogen) atoms. The molecular formula is C39H33F3N12O3. The topological polar surface area (TPSA) is 225 Å². The van der Waals surface area contributed by atoms with E-state index in [4.69, 9.17) is 16.0 Å². The number of nitrogens with zero attached hydrogens (tertiary/aromatic N) is 6. The van der Waals surface area contributed by atoms with Gasteiger partial charge in [0.2, 0.25) is 11.9 Å². The van der Waals surface area contributed by atoms with Crippen LogP contribution in [-0.2, 0) is 11.6 Å². The highest BCUT2D eigenvalue weighted by Gasteiger charge is 2.31. The van der Waals surface area contributed by atoms with Crippen molar-refractivity contribution in [3.8, 4) is 23.7 Å². The number of aromatic nitrogens is 6. The molecule has 0 aliphatic rings. The van der Waals surface area contributed by atoms with Crippen molar-refractivity contribution in [1.29, 1.82) is 0 Å². The molecule has 0 saturated carbocycles. The smallest absolute Gasteiger partial charge is 0.368 e. The van der Waals surface area contributed by atoms with E-state index >= 15 is 0 Å². The number of nitrogens with one attached hydrogen (secondary N) is 4. The normalized spacial score (nSPS) is 10.6. The molecule has 288 valence electrons. The van der Waals surface area contributed by atoms with Gasteiger partial charge in [0.15, 0.2) is 5.82 Å². The Morgan fingerprint density at radius 1 is 0.614 bits per heavy atom. The standard InChI is InChI=1S/C20H20N6O2.C19H13F3N6O/c1-20(2,3)16-10-17(26-28-16)25-19(27)24-15-6-4-5-13(9-15)7-8-14-11-22-18(21)23-12-14;20-19(21,22)14-6-7-24-16(9-14)28-18(29)27-15-3-1-2-12(8-15)4-5-13-10-25-17(23)26-11-13/h4-6,9-12H,1-3H3,(H2,21,22,23)(H2,24,25,26,27);1-3,6-11H,(H2,23,25,26)(H2,24,27,28,29). The van der Waals surface area contributed by atoms with Crippen molar-refractivity contribution in [1.82, 2.24) is 30.1 Å². The van der Waals surface area contributed by atoms with Gasteiger partial charge in [-0.3, -0.25) is 10.6 Å². The lowest BCUT2D eigenvalue weighted by molar-refractivity contribution is -0.137. The van der Waals surface area contributed by atoms with Crippen LogP contribution in [0.15, 0.2) is 102 Å². The number of benzene rings is 2. The number of pyridine rings is 1. The third-order valence-electron chi connectivity index (χ3n) is 7.11. The Kier molecular flexibility index (Phi) is 12.6. The molecule has 0 fully saturated rings. The number of anilines is 6. The van der Waals surface area contributed by atoms with Crippen LogP contribution in [0.2, 0.25) is 0 Å². The number of urea groups is 2. The van der Waals surface area contributed by atoms with E-state index in [9.17, 15) is 22.8 Å². The summed E-state index contributed by atoms with van der Waals surface area (Å²) in [4.78, 5) is 43.4. The molecule has 15 nitrogen and oxygen atoms in total. The van der Waals surface area contributed by atoms with Crippen molar-refractivity contribution in [2.24, 2.45) is 0 Å². The monoisotopic (exact) mass is 774 g/mol. The van der Waals surface area contributed by atoms with Crippen molar-refractivity contribution in [2.75, 3.05) is 32.7 Å². The highest BCUT2D eigenvalue weighted by atomic mass is 19.4. The third-order valence-corrected chi connectivity index (χ3v) is 7.11. The minimum Gasteiger partial charge on any atom is -0.368 e. The lowest BCUT2D eigenvalue weighted by Gasteiger charge is -2.12. The predicted molar refractivity (Wildman–Crippen MR) is 207 cm³/mol. The number of halogens is 3. The van der Waals surface area contributed by atoms with E-state index in [-0.39, 0.29) is 23.1 Å². The zero-order valence-corrected chi connectivity index (χ0v) is 30.4.